The van der Waals surface area contributed by atoms with E-state index in [9.17, 15) is 0 Å². The number of fused-ring (bicyclic) bond motifs is 10. The Morgan fingerprint density at radius 3 is 2.47 bits per heavy atom. The normalized spacial score (nSPS) is 26.6. The number of allylic oxidation sites excluding steroid dienone is 2. The Balaban J connectivity index is 1.95. The SMILES string of the molecule is COc1cc2cc(c1)N=C(N)/N=C(C)/C(C)=C/C(=C(C)C)CN(C)CCNC1CCN(CC1)C2. The second-order valence-electron chi connectivity index (χ2n) is 9.80. The van der Waals surface area contributed by atoms with Crippen LogP contribution in [0.4, 0.5) is 5.69 Å². The van der Waals surface area contributed by atoms with Crippen molar-refractivity contribution in [1.29, 1.82) is 0 Å². The molecule has 4 bridgehead atoms. The number of likely N-dealkylation sites (N-methyl/N-ethyl adjacent to an activating group) is 1. The maximum absolute atomic E-state index is 6.24. The minimum absolute atomic E-state index is 0.251. The van der Waals surface area contributed by atoms with Gasteiger partial charge in [0.25, 0.3) is 0 Å². The van der Waals surface area contributed by atoms with Crippen molar-refractivity contribution in [3.63, 3.8) is 0 Å². The first kappa shape index (κ1) is 26.1. The topological polar surface area (TPSA) is 78.5 Å². The van der Waals surface area contributed by atoms with Crippen molar-refractivity contribution in [3.8, 4) is 5.75 Å². The number of nitrogens with one attached hydrogen (secondary N) is 1. The van der Waals surface area contributed by atoms with Crippen molar-refractivity contribution in [2.75, 3.05) is 46.9 Å². The largest absolute Gasteiger partial charge is 0.497 e. The Morgan fingerprint density at radius 2 is 1.79 bits per heavy atom. The maximum Gasteiger partial charge on any atom is 0.220 e. The first-order valence-electron chi connectivity index (χ1n) is 12.3. The molecule has 4 rings (SSSR count). The number of guanidine groups is 1. The standard InChI is InChI=1S/C27H42N6O/c1-19(2)23-13-20(3)21(4)30-27(28)31-25-14-22(15-26(16-25)34-6)17-33-10-7-24(8-11-33)29-9-12-32(5)18-23/h13-16,24,29H,7-12,17-18H2,1-6H3,(H2,28,31)/b20-13+,30-21+. The molecule has 0 aliphatic carbocycles. The van der Waals surface area contributed by atoms with Crippen molar-refractivity contribution < 1.29 is 4.74 Å². The second kappa shape index (κ2) is 12.3. The summed E-state index contributed by atoms with van der Waals surface area (Å²) in [5, 5.41) is 3.78. The van der Waals surface area contributed by atoms with E-state index in [1.54, 1.807) is 7.11 Å². The van der Waals surface area contributed by atoms with Gasteiger partial charge in [0.05, 0.1) is 12.8 Å². The highest BCUT2D eigenvalue weighted by Crippen LogP contribution is 2.25. The van der Waals surface area contributed by atoms with Crippen LogP contribution >= 0.6 is 0 Å². The van der Waals surface area contributed by atoms with Crippen molar-refractivity contribution in [1.82, 2.24) is 15.1 Å². The molecule has 1 aromatic carbocycles. The molecule has 1 fully saturated rings. The van der Waals surface area contributed by atoms with Gasteiger partial charge in [0.1, 0.15) is 5.75 Å². The zero-order valence-corrected chi connectivity index (χ0v) is 21.8. The van der Waals surface area contributed by atoms with Crippen molar-refractivity contribution in [2.24, 2.45) is 15.7 Å². The van der Waals surface area contributed by atoms with E-state index < -0.39 is 0 Å². The fourth-order valence-electron chi connectivity index (χ4n) is 4.43. The van der Waals surface area contributed by atoms with Crippen LogP contribution in [0, 0.1) is 0 Å². The average molecular weight is 467 g/mol. The van der Waals surface area contributed by atoms with E-state index in [2.05, 4.69) is 71.1 Å². The molecule has 3 aliphatic heterocycles. The molecule has 3 aliphatic rings. The number of methoxy groups -OCH3 is 1. The van der Waals surface area contributed by atoms with E-state index in [-0.39, 0.29) is 5.96 Å². The highest BCUT2D eigenvalue weighted by atomic mass is 16.5. The molecule has 7 heteroatoms. The van der Waals surface area contributed by atoms with E-state index in [0.29, 0.717) is 6.04 Å². The summed E-state index contributed by atoms with van der Waals surface area (Å²) in [5.74, 6) is 1.04. The summed E-state index contributed by atoms with van der Waals surface area (Å²) in [6, 6.07) is 6.67. The zero-order valence-electron chi connectivity index (χ0n) is 21.8. The van der Waals surface area contributed by atoms with Gasteiger partial charge in [-0.15, -0.1) is 0 Å². The van der Waals surface area contributed by atoms with Crippen LogP contribution in [0.5, 0.6) is 5.75 Å². The molecular weight excluding hydrogens is 424 g/mol. The molecule has 0 saturated carbocycles. The van der Waals surface area contributed by atoms with Gasteiger partial charge < -0.3 is 20.7 Å². The number of rotatable bonds is 1. The van der Waals surface area contributed by atoms with Gasteiger partial charge >= 0.3 is 0 Å². The number of ether oxygens (including phenoxy) is 1. The minimum Gasteiger partial charge on any atom is -0.497 e. The number of hydrogen-bond acceptors (Lipinski definition) is 7. The summed E-state index contributed by atoms with van der Waals surface area (Å²) in [6.07, 6.45) is 4.56. The number of nitrogens with two attached hydrogens (primary N) is 1. The fourth-order valence-corrected chi connectivity index (χ4v) is 4.43. The summed E-state index contributed by atoms with van der Waals surface area (Å²) in [6.45, 7) is 14.4. The second-order valence-corrected chi connectivity index (χ2v) is 9.80. The van der Waals surface area contributed by atoms with Crippen LogP contribution in [0.25, 0.3) is 0 Å². The number of hydrogen-bond donors (Lipinski definition) is 2. The van der Waals surface area contributed by atoms with Gasteiger partial charge in [0.15, 0.2) is 0 Å². The van der Waals surface area contributed by atoms with Crippen LogP contribution in [0.15, 0.2) is 51.0 Å². The molecule has 3 heterocycles. The Kier molecular flexibility index (Phi) is 9.45. The molecule has 34 heavy (non-hydrogen) atoms. The van der Waals surface area contributed by atoms with Crippen LogP contribution in [0.2, 0.25) is 0 Å². The zero-order chi connectivity index (χ0) is 24.7. The van der Waals surface area contributed by atoms with Crippen LogP contribution in [-0.2, 0) is 6.54 Å². The molecule has 1 aromatic rings. The van der Waals surface area contributed by atoms with E-state index in [0.717, 1.165) is 62.0 Å². The van der Waals surface area contributed by atoms with Crippen LogP contribution < -0.4 is 15.8 Å². The molecule has 0 atom stereocenters. The molecule has 0 unspecified atom stereocenters. The van der Waals surface area contributed by atoms with Gasteiger partial charge in [-0.3, -0.25) is 4.90 Å². The molecule has 186 valence electrons. The lowest BCUT2D eigenvalue weighted by molar-refractivity contribution is 0.188. The third-order valence-electron chi connectivity index (χ3n) is 6.68. The van der Waals surface area contributed by atoms with Crippen molar-refractivity contribution in [3.05, 3.63) is 46.6 Å². The number of aliphatic imine (C=N–C) groups is 2. The molecule has 1 saturated heterocycles. The van der Waals surface area contributed by atoms with Gasteiger partial charge in [0.2, 0.25) is 5.96 Å². The first-order valence-corrected chi connectivity index (χ1v) is 12.3. The number of piperidine rings is 1. The summed E-state index contributed by atoms with van der Waals surface area (Å²) < 4.78 is 5.54. The predicted molar refractivity (Wildman–Crippen MR) is 143 cm³/mol. The summed E-state index contributed by atoms with van der Waals surface area (Å²) in [5.41, 5.74) is 12.8. The summed E-state index contributed by atoms with van der Waals surface area (Å²) >= 11 is 0. The molecule has 0 spiro atoms. The van der Waals surface area contributed by atoms with Crippen LogP contribution in [0.3, 0.4) is 0 Å². The lowest BCUT2D eigenvalue weighted by Gasteiger charge is -2.33. The third kappa shape index (κ3) is 7.79. The Bertz CT molecular complexity index is 965. The van der Waals surface area contributed by atoms with Crippen molar-refractivity contribution in [2.45, 2.75) is 53.1 Å². The highest BCUT2D eigenvalue weighted by Gasteiger charge is 2.19. The van der Waals surface area contributed by atoms with E-state index >= 15 is 0 Å². The van der Waals surface area contributed by atoms with Crippen LogP contribution in [0.1, 0.15) is 46.1 Å². The van der Waals surface area contributed by atoms with Gasteiger partial charge in [-0.05, 0) is 89.5 Å². The molecule has 0 amide bonds. The smallest absolute Gasteiger partial charge is 0.220 e. The number of benzene rings is 1. The third-order valence-corrected chi connectivity index (χ3v) is 6.68. The minimum atomic E-state index is 0.251. The lowest BCUT2D eigenvalue weighted by Crippen LogP contribution is -2.44. The Labute approximate surface area is 205 Å². The van der Waals surface area contributed by atoms with E-state index in [1.165, 1.54) is 29.6 Å². The molecular formula is C27H42N6O. The van der Waals surface area contributed by atoms with Crippen LogP contribution in [-0.4, -0.2) is 74.4 Å². The number of nitrogens with zero attached hydrogens (tertiary/aromatic N) is 4. The van der Waals surface area contributed by atoms with Gasteiger partial charge in [0, 0.05) is 44.0 Å². The summed E-state index contributed by atoms with van der Waals surface area (Å²) in [4.78, 5) is 14.1. The molecule has 0 aromatic heterocycles. The molecule has 7 nitrogen and oxygen atoms in total. The van der Waals surface area contributed by atoms with Gasteiger partial charge in [-0.25, -0.2) is 9.98 Å². The monoisotopic (exact) mass is 466 g/mol. The first-order chi connectivity index (χ1) is 16.2. The van der Waals surface area contributed by atoms with Gasteiger partial charge in [-0.2, -0.15) is 0 Å². The molecule has 0 radical (unpaired) electrons. The fraction of sp³-hybridized carbons (Fsp3) is 0.556. The highest BCUT2D eigenvalue weighted by molar-refractivity contribution is 6.05. The van der Waals surface area contributed by atoms with Gasteiger partial charge in [-0.1, -0.05) is 11.6 Å². The van der Waals surface area contributed by atoms with E-state index in [4.69, 9.17) is 10.5 Å². The Hall–Kier alpha value is -2.48. The lowest BCUT2D eigenvalue weighted by atomic mass is 10.0. The average Bonchev–Trinajstić information content (AvgIpc) is 2.78. The quantitative estimate of drug-likeness (QED) is 0.657. The maximum atomic E-state index is 6.24. The van der Waals surface area contributed by atoms with E-state index in [1.807, 2.05) is 13.0 Å². The predicted octanol–water partition coefficient (Wildman–Crippen LogP) is 3.88. The summed E-state index contributed by atoms with van der Waals surface area (Å²) in [7, 11) is 3.88. The van der Waals surface area contributed by atoms with Crippen molar-refractivity contribution >= 4 is 17.4 Å². The molecule has 3 N–H and O–H groups in total. The Morgan fingerprint density at radius 1 is 1.06 bits per heavy atom.